The van der Waals surface area contributed by atoms with Crippen molar-refractivity contribution in [3.05, 3.63) is 11.1 Å². The lowest BCUT2D eigenvalue weighted by molar-refractivity contribution is -0.140. The molecule has 0 spiro atoms. The molecule has 2 aliphatic carbocycles. The van der Waals surface area contributed by atoms with Gasteiger partial charge in [0.05, 0.1) is 10.9 Å². The minimum Gasteiger partial charge on any atom is -0.481 e. The van der Waals surface area contributed by atoms with E-state index in [4.69, 9.17) is 0 Å². The van der Waals surface area contributed by atoms with E-state index < -0.39 is 21.4 Å². The molecule has 0 bridgehead atoms. The fourth-order valence-corrected chi connectivity index (χ4v) is 4.70. The van der Waals surface area contributed by atoms with Gasteiger partial charge in [0.1, 0.15) is 5.41 Å². The number of thiazole rings is 1. The number of sulfonamides is 1. The minimum absolute atomic E-state index is 0.292. The average Bonchev–Trinajstić information content (AvgIpc) is 3.25. The molecule has 0 unspecified atom stereocenters. The molecule has 3 rings (SSSR count). The highest BCUT2D eigenvalue weighted by Crippen LogP contribution is 2.49. The molecule has 6 nitrogen and oxygen atoms in total. The largest absolute Gasteiger partial charge is 0.481 e. The SMILES string of the molecule is CN(c1nc(C2(C(=O)O)CC2)cs1)S(=O)(=O)C1CC1. The van der Waals surface area contributed by atoms with Gasteiger partial charge in [-0.3, -0.25) is 4.79 Å². The molecule has 1 heterocycles. The lowest BCUT2D eigenvalue weighted by Crippen LogP contribution is -2.30. The molecule has 0 aliphatic heterocycles. The summed E-state index contributed by atoms with van der Waals surface area (Å²) in [6.45, 7) is 0. The third-order valence-electron chi connectivity index (χ3n) is 3.74. The monoisotopic (exact) mass is 302 g/mol. The first-order valence-corrected chi connectivity index (χ1v) is 8.43. The minimum atomic E-state index is -3.32. The van der Waals surface area contributed by atoms with Crippen LogP contribution >= 0.6 is 11.3 Å². The smallest absolute Gasteiger partial charge is 0.315 e. The van der Waals surface area contributed by atoms with Crippen LogP contribution in [0.1, 0.15) is 31.4 Å². The van der Waals surface area contributed by atoms with Gasteiger partial charge in [0.2, 0.25) is 10.0 Å². The van der Waals surface area contributed by atoms with Crippen LogP contribution in [0.5, 0.6) is 0 Å². The first-order valence-electron chi connectivity index (χ1n) is 6.05. The maximum atomic E-state index is 12.1. The molecule has 19 heavy (non-hydrogen) atoms. The van der Waals surface area contributed by atoms with E-state index in [9.17, 15) is 18.3 Å². The molecule has 2 saturated carbocycles. The molecule has 0 aromatic carbocycles. The highest BCUT2D eigenvalue weighted by Gasteiger charge is 2.54. The zero-order valence-electron chi connectivity index (χ0n) is 10.4. The Morgan fingerprint density at radius 2 is 2.16 bits per heavy atom. The Hall–Kier alpha value is -1.15. The quantitative estimate of drug-likeness (QED) is 0.882. The van der Waals surface area contributed by atoms with Gasteiger partial charge in [-0.25, -0.2) is 17.7 Å². The maximum Gasteiger partial charge on any atom is 0.315 e. The van der Waals surface area contributed by atoms with Gasteiger partial charge in [-0.2, -0.15) is 0 Å². The summed E-state index contributed by atoms with van der Waals surface area (Å²) in [5.74, 6) is -0.878. The van der Waals surface area contributed by atoms with Crippen LogP contribution in [0.15, 0.2) is 5.38 Å². The van der Waals surface area contributed by atoms with Crippen LogP contribution in [0.3, 0.4) is 0 Å². The van der Waals surface area contributed by atoms with E-state index in [0.29, 0.717) is 36.5 Å². The summed E-state index contributed by atoms with van der Waals surface area (Å²) in [6, 6.07) is 0. The normalized spacial score (nSPS) is 21.1. The van der Waals surface area contributed by atoms with Crippen molar-refractivity contribution in [1.29, 1.82) is 0 Å². The van der Waals surface area contributed by atoms with Gasteiger partial charge in [0.25, 0.3) is 0 Å². The lowest BCUT2D eigenvalue weighted by atomic mass is 10.1. The summed E-state index contributed by atoms with van der Waals surface area (Å²) in [6.07, 6.45) is 2.54. The van der Waals surface area contributed by atoms with E-state index in [1.54, 1.807) is 5.38 Å². The second-order valence-corrected chi connectivity index (χ2v) is 8.20. The number of anilines is 1. The van der Waals surface area contributed by atoms with Crippen LogP contribution in [0, 0.1) is 0 Å². The predicted molar refractivity (Wildman–Crippen MR) is 71.0 cm³/mol. The highest BCUT2D eigenvalue weighted by molar-refractivity contribution is 7.93. The van der Waals surface area contributed by atoms with Gasteiger partial charge in [0, 0.05) is 12.4 Å². The number of nitrogens with zero attached hydrogens (tertiary/aromatic N) is 2. The Bertz CT molecular complexity index is 629. The first-order chi connectivity index (χ1) is 8.88. The van der Waals surface area contributed by atoms with E-state index in [2.05, 4.69) is 4.98 Å². The number of carboxylic acids is 1. The topological polar surface area (TPSA) is 87.6 Å². The van der Waals surface area contributed by atoms with Gasteiger partial charge in [-0.15, -0.1) is 11.3 Å². The molecule has 2 aliphatic rings. The number of aromatic nitrogens is 1. The summed E-state index contributed by atoms with van der Waals surface area (Å²) in [7, 11) is -1.83. The molecular formula is C11H14N2O4S2. The van der Waals surface area contributed by atoms with Gasteiger partial charge in [-0.05, 0) is 25.7 Å². The third-order valence-corrected chi connectivity index (χ3v) is 7.02. The van der Waals surface area contributed by atoms with Crippen molar-refractivity contribution in [3.8, 4) is 0 Å². The molecule has 1 N–H and O–H groups in total. The molecule has 0 amide bonds. The Morgan fingerprint density at radius 3 is 2.63 bits per heavy atom. The highest BCUT2D eigenvalue weighted by atomic mass is 32.2. The predicted octanol–water partition coefficient (Wildman–Crippen LogP) is 1.19. The van der Waals surface area contributed by atoms with Crippen molar-refractivity contribution in [1.82, 2.24) is 4.98 Å². The molecule has 0 atom stereocenters. The summed E-state index contributed by atoms with van der Waals surface area (Å²) < 4.78 is 25.3. The van der Waals surface area contributed by atoms with Gasteiger partial charge < -0.3 is 5.11 Å². The number of aliphatic carboxylic acids is 1. The Labute approximate surface area is 115 Å². The van der Waals surface area contributed by atoms with Crippen LogP contribution in [-0.2, 0) is 20.2 Å². The number of hydrogen-bond donors (Lipinski definition) is 1. The molecule has 0 radical (unpaired) electrons. The van der Waals surface area contributed by atoms with E-state index in [-0.39, 0.29) is 5.25 Å². The van der Waals surface area contributed by atoms with Crippen LogP contribution in [0.2, 0.25) is 0 Å². The van der Waals surface area contributed by atoms with E-state index in [0.717, 1.165) is 0 Å². The van der Waals surface area contributed by atoms with Crippen molar-refractivity contribution in [2.24, 2.45) is 0 Å². The Balaban J connectivity index is 1.88. The fourth-order valence-electron chi connectivity index (χ4n) is 2.03. The zero-order chi connectivity index (χ0) is 13.8. The van der Waals surface area contributed by atoms with Crippen molar-refractivity contribution < 1.29 is 18.3 Å². The zero-order valence-corrected chi connectivity index (χ0v) is 12.0. The maximum absolute atomic E-state index is 12.1. The molecule has 2 fully saturated rings. The number of carbonyl (C=O) groups is 1. The van der Waals surface area contributed by atoms with Crippen LogP contribution < -0.4 is 4.31 Å². The summed E-state index contributed by atoms with van der Waals surface area (Å²) in [4.78, 5) is 15.4. The van der Waals surface area contributed by atoms with Crippen LogP contribution in [-0.4, -0.2) is 36.8 Å². The molecule has 104 valence electrons. The van der Waals surface area contributed by atoms with E-state index in [1.165, 1.54) is 22.7 Å². The average molecular weight is 302 g/mol. The van der Waals surface area contributed by atoms with Gasteiger partial charge in [-0.1, -0.05) is 0 Å². The Kier molecular flexibility index (Phi) is 2.66. The van der Waals surface area contributed by atoms with Crippen molar-refractivity contribution in [3.63, 3.8) is 0 Å². The molecular weight excluding hydrogens is 288 g/mol. The van der Waals surface area contributed by atoms with Crippen LogP contribution in [0.25, 0.3) is 0 Å². The molecule has 8 heteroatoms. The summed E-state index contributed by atoms with van der Waals surface area (Å²) in [5.41, 5.74) is -0.392. The van der Waals surface area contributed by atoms with Crippen molar-refractivity contribution >= 4 is 32.5 Å². The van der Waals surface area contributed by atoms with Crippen LogP contribution in [0.4, 0.5) is 5.13 Å². The van der Waals surface area contributed by atoms with Crippen molar-refractivity contribution in [2.75, 3.05) is 11.4 Å². The second-order valence-electron chi connectivity index (χ2n) is 5.11. The number of rotatable bonds is 5. The molecule has 1 aromatic heterocycles. The number of carboxylic acid groups (broad SMARTS) is 1. The van der Waals surface area contributed by atoms with E-state index in [1.807, 2.05) is 0 Å². The molecule has 0 saturated heterocycles. The van der Waals surface area contributed by atoms with Gasteiger partial charge in [0.15, 0.2) is 5.13 Å². The fraction of sp³-hybridized carbons (Fsp3) is 0.636. The van der Waals surface area contributed by atoms with E-state index >= 15 is 0 Å². The Morgan fingerprint density at radius 1 is 1.53 bits per heavy atom. The number of hydrogen-bond acceptors (Lipinski definition) is 5. The summed E-state index contributed by atoms with van der Waals surface area (Å²) in [5, 5.41) is 10.9. The summed E-state index contributed by atoms with van der Waals surface area (Å²) >= 11 is 1.19. The standard InChI is InChI=1S/C11H14N2O4S2/c1-13(19(16,17)7-2-3-7)10-12-8(6-18-10)11(4-5-11)9(14)15/h6-7H,2-5H2,1H3,(H,14,15). The van der Waals surface area contributed by atoms with Gasteiger partial charge >= 0.3 is 5.97 Å². The second kappa shape index (κ2) is 3.92. The lowest BCUT2D eigenvalue weighted by Gasteiger charge is -2.15. The third kappa shape index (κ3) is 1.93. The first kappa shape index (κ1) is 12.9. The van der Waals surface area contributed by atoms with Crippen molar-refractivity contribution in [2.45, 2.75) is 36.3 Å². The molecule has 1 aromatic rings.